The fourth-order valence-corrected chi connectivity index (χ4v) is 3.56. The van der Waals surface area contributed by atoms with Crippen LogP contribution in [0, 0.1) is 6.92 Å². The summed E-state index contributed by atoms with van der Waals surface area (Å²) in [5, 5.41) is 8.46. The number of anilines is 2. The summed E-state index contributed by atoms with van der Waals surface area (Å²) in [5.74, 6) is 0.0195. The number of urea groups is 1. The number of piperazine rings is 1. The van der Waals surface area contributed by atoms with Crippen LogP contribution in [0.3, 0.4) is 0 Å². The van der Waals surface area contributed by atoms with Crippen LogP contribution in [0.5, 0.6) is 0 Å². The Bertz CT molecular complexity index is 1150. The Labute approximate surface area is 179 Å². The summed E-state index contributed by atoms with van der Waals surface area (Å²) in [6.07, 6.45) is 1.62. The largest absolute Gasteiger partial charge is 0.360 e. The lowest BCUT2D eigenvalue weighted by molar-refractivity contribution is -0.120. The monoisotopic (exact) mass is 420 g/mol. The first-order valence-electron chi connectivity index (χ1n) is 10.0. The summed E-state index contributed by atoms with van der Waals surface area (Å²) < 4.78 is 1.51. The average Bonchev–Trinajstić information content (AvgIpc) is 3.11. The van der Waals surface area contributed by atoms with E-state index in [9.17, 15) is 14.4 Å². The maximum Gasteiger partial charge on any atom is 0.330 e. The van der Waals surface area contributed by atoms with Crippen molar-refractivity contribution >= 4 is 23.3 Å². The molecule has 1 aliphatic rings. The fraction of sp³-hybridized carbons (Fsp3) is 0.227. The van der Waals surface area contributed by atoms with E-state index < -0.39 is 0 Å². The molecule has 4 N–H and O–H groups in total. The molecule has 2 heterocycles. The Morgan fingerprint density at radius 3 is 2.58 bits per heavy atom. The lowest BCUT2D eigenvalue weighted by Gasteiger charge is -2.28. The van der Waals surface area contributed by atoms with Gasteiger partial charge in [-0.3, -0.25) is 9.36 Å². The van der Waals surface area contributed by atoms with E-state index in [1.54, 1.807) is 24.4 Å². The first-order valence-corrected chi connectivity index (χ1v) is 10.0. The Balaban J connectivity index is 1.38. The number of nitrogens with zero attached hydrogens (tertiary/aromatic N) is 2. The van der Waals surface area contributed by atoms with Gasteiger partial charge >= 0.3 is 11.7 Å². The number of carbonyl (C=O) groups excluding carboxylic acids is 2. The van der Waals surface area contributed by atoms with Crippen LogP contribution in [0.2, 0.25) is 0 Å². The molecule has 2 aromatic carbocycles. The van der Waals surface area contributed by atoms with E-state index in [4.69, 9.17) is 0 Å². The molecule has 9 nitrogen and oxygen atoms in total. The van der Waals surface area contributed by atoms with Crippen LogP contribution in [0.1, 0.15) is 11.3 Å². The van der Waals surface area contributed by atoms with E-state index in [0.29, 0.717) is 31.0 Å². The van der Waals surface area contributed by atoms with Gasteiger partial charge in [0.1, 0.15) is 0 Å². The molecule has 3 aromatic rings. The van der Waals surface area contributed by atoms with Crippen LogP contribution in [0.25, 0.3) is 5.69 Å². The number of para-hydroxylation sites is 2. The molecule has 31 heavy (non-hydrogen) atoms. The van der Waals surface area contributed by atoms with Gasteiger partial charge in [0, 0.05) is 37.2 Å². The van der Waals surface area contributed by atoms with Crippen molar-refractivity contribution in [3.8, 4) is 5.69 Å². The van der Waals surface area contributed by atoms with Crippen LogP contribution >= 0.6 is 0 Å². The second-order valence-electron chi connectivity index (χ2n) is 7.33. The van der Waals surface area contributed by atoms with Crippen molar-refractivity contribution in [3.05, 3.63) is 76.5 Å². The molecule has 3 amide bonds. The lowest BCUT2D eigenvalue weighted by Crippen LogP contribution is -2.47. The van der Waals surface area contributed by atoms with Gasteiger partial charge in [0.2, 0.25) is 5.91 Å². The molecule has 9 heteroatoms. The maximum absolute atomic E-state index is 12.5. The van der Waals surface area contributed by atoms with E-state index in [-0.39, 0.29) is 17.6 Å². The zero-order valence-corrected chi connectivity index (χ0v) is 17.1. The predicted octanol–water partition coefficient (Wildman–Crippen LogP) is 1.73. The number of rotatable bonds is 5. The number of benzene rings is 2. The first kappa shape index (κ1) is 20.3. The number of carbonyl (C=O) groups is 2. The van der Waals surface area contributed by atoms with Crippen molar-refractivity contribution in [1.82, 2.24) is 20.2 Å². The Kier molecular flexibility index (Phi) is 5.74. The van der Waals surface area contributed by atoms with E-state index in [1.165, 1.54) is 4.57 Å². The highest BCUT2D eigenvalue weighted by Crippen LogP contribution is 2.20. The lowest BCUT2D eigenvalue weighted by atomic mass is 10.2. The summed E-state index contributed by atoms with van der Waals surface area (Å²) in [4.78, 5) is 40.8. The zero-order chi connectivity index (χ0) is 21.8. The highest BCUT2D eigenvalue weighted by molar-refractivity contribution is 5.91. The Hall–Kier alpha value is -4.01. The summed E-state index contributed by atoms with van der Waals surface area (Å²) in [5.41, 5.74) is 3.51. The normalized spacial score (nSPS) is 13.6. The molecule has 4 rings (SSSR count). The van der Waals surface area contributed by atoms with Crippen molar-refractivity contribution in [2.24, 2.45) is 0 Å². The quantitative estimate of drug-likeness (QED) is 0.504. The molecule has 160 valence electrons. The zero-order valence-electron chi connectivity index (χ0n) is 17.1. The topological polar surface area (TPSA) is 111 Å². The number of aromatic amines is 1. The van der Waals surface area contributed by atoms with Crippen LogP contribution < -0.4 is 26.5 Å². The van der Waals surface area contributed by atoms with E-state index in [2.05, 4.69) is 20.9 Å². The molecule has 0 saturated carbocycles. The number of imidazole rings is 1. The van der Waals surface area contributed by atoms with Crippen LogP contribution in [0.15, 0.2) is 59.5 Å². The smallest absolute Gasteiger partial charge is 0.330 e. The van der Waals surface area contributed by atoms with Crippen molar-refractivity contribution in [3.63, 3.8) is 0 Å². The van der Waals surface area contributed by atoms with Gasteiger partial charge in [-0.15, -0.1) is 0 Å². The fourth-order valence-electron chi connectivity index (χ4n) is 3.56. The number of nitrogens with one attached hydrogen (secondary N) is 4. The minimum absolute atomic E-state index is 0.0195. The Morgan fingerprint density at radius 2 is 1.87 bits per heavy atom. The molecular formula is C22H24N6O3. The summed E-state index contributed by atoms with van der Waals surface area (Å²) in [7, 11) is 0. The van der Waals surface area contributed by atoms with Crippen molar-refractivity contribution in [1.29, 1.82) is 0 Å². The molecule has 0 aliphatic carbocycles. The van der Waals surface area contributed by atoms with Gasteiger partial charge in [-0.1, -0.05) is 24.3 Å². The Morgan fingerprint density at radius 1 is 1.10 bits per heavy atom. The summed E-state index contributed by atoms with van der Waals surface area (Å²) in [6, 6.07) is 14.5. The van der Waals surface area contributed by atoms with Crippen LogP contribution in [0.4, 0.5) is 16.2 Å². The van der Waals surface area contributed by atoms with Gasteiger partial charge in [-0.2, -0.15) is 0 Å². The molecule has 0 unspecified atom stereocenters. The summed E-state index contributed by atoms with van der Waals surface area (Å²) >= 11 is 0. The van der Waals surface area contributed by atoms with E-state index in [1.807, 2.05) is 42.2 Å². The molecule has 0 radical (unpaired) electrons. The SMILES string of the molecule is Cc1c[nH]c(=O)n1-c1ccccc1NC(=O)NCc1ccc(N2CCNC(=O)C2)cc1. The molecule has 0 atom stereocenters. The molecule has 1 aliphatic heterocycles. The van der Waals surface area contributed by atoms with E-state index in [0.717, 1.165) is 23.5 Å². The summed E-state index contributed by atoms with van der Waals surface area (Å²) in [6.45, 7) is 3.92. The van der Waals surface area contributed by atoms with Gasteiger partial charge < -0.3 is 25.8 Å². The van der Waals surface area contributed by atoms with Crippen molar-refractivity contribution in [2.75, 3.05) is 29.9 Å². The van der Waals surface area contributed by atoms with E-state index >= 15 is 0 Å². The minimum Gasteiger partial charge on any atom is -0.360 e. The minimum atomic E-state index is -0.370. The number of aromatic nitrogens is 2. The van der Waals surface area contributed by atoms with Gasteiger partial charge in [0.15, 0.2) is 0 Å². The third-order valence-electron chi connectivity index (χ3n) is 5.15. The number of H-pyrrole nitrogens is 1. The number of aryl methyl sites for hydroxylation is 1. The molecule has 0 bridgehead atoms. The maximum atomic E-state index is 12.5. The highest BCUT2D eigenvalue weighted by atomic mass is 16.2. The van der Waals surface area contributed by atoms with Crippen molar-refractivity contribution in [2.45, 2.75) is 13.5 Å². The third-order valence-corrected chi connectivity index (χ3v) is 5.15. The van der Waals surface area contributed by atoms with Crippen molar-refractivity contribution < 1.29 is 9.59 Å². The number of hydrogen-bond donors (Lipinski definition) is 4. The van der Waals surface area contributed by atoms with Crippen LogP contribution in [-0.2, 0) is 11.3 Å². The molecule has 1 saturated heterocycles. The predicted molar refractivity (Wildman–Crippen MR) is 119 cm³/mol. The average molecular weight is 420 g/mol. The molecule has 1 aromatic heterocycles. The number of amides is 3. The van der Waals surface area contributed by atoms with Gasteiger partial charge in [-0.05, 0) is 36.8 Å². The second kappa shape index (κ2) is 8.78. The van der Waals surface area contributed by atoms with Crippen LogP contribution in [-0.4, -0.2) is 41.1 Å². The molecule has 1 fully saturated rings. The standard InChI is InChI=1S/C22H24N6O3/c1-15-12-25-22(31)28(15)19-5-3-2-4-18(19)26-21(30)24-13-16-6-8-17(9-7-16)27-11-10-23-20(29)14-27/h2-9,12H,10-11,13-14H2,1H3,(H,23,29)(H,25,31)(H2,24,26,30). The molecular weight excluding hydrogens is 396 g/mol. The molecule has 0 spiro atoms. The second-order valence-corrected chi connectivity index (χ2v) is 7.33. The number of hydrogen-bond acceptors (Lipinski definition) is 4. The first-order chi connectivity index (χ1) is 15.0. The highest BCUT2D eigenvalue weighted by Gasteiger charge is 2.16. The third kappa shape index (κ3) is 4.61. The van der Waals surface area contributed by atoms with Gasteiger partial charge in [-0.25, -0.2) is 9.59 Å². The van der Waals surface area contributed by atoms with Gasteiger partial charge in [0.25, 0.3) is 0 Å². The van der Waals surface area contributed by atoms with Gasteiger partial charge in [0.05, 0.1) is 17.9 Å².